The molecule has 2 N–H and O–H groups in total. The third-order valence-electron chi connectivity index (χ3n) is 4.35. The van der Waals surface area contributed by atoms with E-state index in [1.54, 1.807) is 7.11 Å². The van der Waals surface area contributed by atoms with Gasteiger partial charge in [0.15, 0.2) is 0 Å². The first-order valence-electron chi connectivity index (χ1n) is 7.90. The zero-order chi connectivity index (χ0) is 16.2. The van der Waals surface area contributed by atoms with Crippen LogP contribution >= 0.6 is 0 Å². The highest BCUT2D eigenvalue weighted by Gasteiger charge is 2.33. The van der Waals surface area contributed by atoms with Gasteiger partial charge in [-0.2, -0.15) is 0 Å². The normalized spacial score (nSPS) is 18.3. The molecule has 0 aromatic heterocycles. The largest absolute Gasteiger partial charge is 0.383 e. The Labute approximate surface area is 136 Å². The molecule has 1 aliphatic rings. The standard InChI is InChI=1S/C19H22N2O2/c1-23-13-17(20)19(22)21-12-11-14-7-5-6-10-16(14)18(21)15-8-3-2-4-9-15/h2-10,17-18H,11-13,20H2,1H3. The number of hydrogen-bond donors (Lipinski definition) is 1. The zero-order valence-corrected chi connectivity index (χ0v) is 13.3. The Hall–Kier alpha value is -2.17. The van der Waals surface area contributed by atoms with Crippen LogP contribution in [-0.4, -0.2) is 37.1 Å². The molecule has 0 spiro atoms. The number of hydrogen-bond acceptors (Lipinski definition) is 3. The summed E-state index contributed by atoms with van der Waals surface area (Å²) in [5.74, 6) is -0.0600. The van der Waals surface area contributed by atoms with Crippen molar-refractivity contribution in [3.63, 3.8) is 0 Å². The third-order valence-corrected chi connectivity index (χ3v) is 4.35. The molecule has 23 heavy (non-hydrogen) atoms. The smallest absolute Gasteiger partial charge is 0.242 e. The van der Waals surface area contributed by atoms with E-state index in [-0.39, 0.29) is 18.6 Å². The second-order valence-electron chi connectivity index (χ2n) is 5.86. The van der Waals surface area contributed by atoms with Gasteiger partial charge in [0.25, 0.3) is 0 Å². The van der Waals surface area contributed by atoms with Gasteiger partial charge in [0, 0.05) is 13.7 Å². The first-order valence-corrected chi connectivity index (χ1v) is 7.90. The van der Waals surface area contributed by atoms with Crippen LogP contribution in [0.25, 0.3) is 0 Å². The molecule has 120 valence electrons. The van der Waals surface area contributed by atoms with Crippen LogP contribution < -0.4 is 5.73 Å². The number of fused-ring (bicyclic) bond motifs is 1. The number of carbonyl (C=O) groups is 1. The molecule has 1 amide bonds. The van der Waals surface area contributed by atoms with Gasteiger partial charge in [-0.15, -0.1) is 0 Å². The van der Waals surface area contributed by atoms with E-state index in [0.717, 1.165) is 12.0 Å². The number of carbonyl (C=O) groups excluding carboxylic acids is 1. The number of amides is 1. The Morgan fingerprint density at radius 1 is 1.22 bits per heavy atom. The van der Waals surface area contributed by atoms with E-state index >= 15 is 0 Å². The Morgan fingerprint density at radius 2 is 1.91 bits per heavy atom. The fraction of sp³-hybridized carbons (Fsp3) is 0.316. The van der Waals surface area contributed by atoms with Crippen LogP contribution in [0, 0.1) is 0 Å². The van der Waals surface area contributed by atoms with Gasteiger partial charge in [-0.05, 0) is 23.1 Å². The highest BCUT2D eigenvalue weighted by atomic mass is 16.5. The van der Waals surface area contributed by atoms with Gasteiger partial charge in [-0.25, -0.2) is 0 Å². The second-order valence-corrected chi connectivity index (χ2v) is 5.86. The van der Waals surface area contributed by atoms with Crippen LogP contribution in [0.4, 0.5) is 0 Å². The molecule has 1 aliphatic heterocycles. The summed E-state index contributed by atoms with van der Waals surface area (Å²) in [4.78, 5) is 14.7. The number of methoxy groups -OCH3 is 1. The topological polar surface area (TPSA) is 55.6 Å². The molecule has 1 heterocycles. The van der Waals surface area contributed by atoms with Gasteiger partial charge >= 0.3 is 0 Å². The number of rotatable bonds is 4. The lowest BCUT2D eigenvalue weighted by Crippen LogP contribution is -2.50. The quantitative estimate of drug-likeness (QED) is 0.941. The number of nitrogens with zero attached hydrogens (tertiary/aromatic N) is 1. The summed E-state index contributed by atoms with van der Waals surface area (Å²) in [6.07, 6.45) is 0.852. The fourth-order valence-electron chi connectivity index (χ4n) is 3.26. The Balaban J connectivity index is 2.01. The Kier molecular flexibility index (Phi) is 4.74. The molecule has 4 heteroatoms. The number of benzene rings is 2. The highest BCUT2D eigenvalue weighted by molar-refractivity contribution is 5.83. The minimum absolute atomic E-state index is 0.0600. The van der Waals surface area contributed by atoms with E-state index in [1.807, 2.05) is 29.2 Å². The van der Waals surface area contributed by atoms with E-state index in [1.165, 1.54) is 11.1 Å². The van der Waals surface area contributed by atoms with Crippen molar-refractivity contribution < 1.29 is 9.53 Å². The molecule has 3 rings (SSSR count). The van der Waals surface area contributed by atoms with Gasteiger partial charge in [0.1, 0.15) is 6.04 Å². The van der Waals surface area contributed by atoms with E-state index in [0.29, 0.717) is 6.54 Å². The van der Waals surface area contributed by atoms with Crippen LogP contribution in [0.3, 0.4) is 0 Å². The molecule has 2 unspecified atom stereocenters. The molecular weight excluding hydrogens is 288 g/mol. The number of ether oxygens (including phenoxy) is 1. The van der Waals surface area contributed by atoms with Crippen molar-refractivity contribution in [3.05, 3.63) is 71.3 Å². The van der Waals surface area contributed by atoms with Crippen LogP contribution in [-0.2, 0) is 16.0 Å². The first-order chi connectivity index (χ1) is 11.2. The Morgan fingerprint density at radius 3 is 2.65 bits per heavy atom. The predicted molar refractivity (Wildman–Crippen MR) is 90.0 cm³/mol. The van der Waals surface area contributed by atoms with Crippen molar-refractivity contribution in [1.82, 2.24) is 4.90 Å². The molecule has 4 nitrogen and oxygen atoms in total. The monoisotopic (exact) mass is 310 g/mol. The van der Waals surface area contributed by atoms with Crippen molar-refractivity contribution in [3.8, 4) is 0 Å². The van der Waals surface area contributed by atoms with Gasteiger partial charge in [0.2, 0.25) is 5.91 Å². The van der Waals surface area contributed by atoms with Crippen LogP contribution in [0.15, 0.2) is 54.6 Å². The maximum absolute atomic E-state index is 12.8. The lowest BCUT2D eigenvalue weighted by Gasteiger charge is -2.39. The molecular formula is C19H22N2O2. The van der Waals surface area contributed by atoms with Gasteiger partial charge < -0.3 is 15.4 Å². The second kappa shape index (κ2) is 6.94. The van der Waals surface area contributed by atoms with Crippen molar-refractivity contribution in [1.29, 1.82) is 0 Å². The van der Waals surface area contributed by atoms with Crippen molar-refractivity contribution in [2.24, 2.45) is 5.73 Å². The lowest BCUT2D eigenvalue weighted by molar-refractivity contribution is -0.135. The maximum atomic E-state index is 12.8. The molecule has 0 saturated heterocycles. The van der Waals surface area contributed by atoms with Crippen molar-refractivity contribution in [2.45, 2.75) is 18.5 Å². The van der Waals surface area contributed by atoms with E-state index in [9.17, 15) is 4.79 Å². The number of nitrogens with two attached hydrogens (primary N) is 1. The highest BCUT2D eigenvalue weighted by Crippen LogP contribution is 2.35. The van der Waals surface area contributed by atoms with E-state index in [2.05, 4.69) is 30.3 Å². The average Bonchev–Trinajstić information content (AvgIpc) is 2.61. The fourth-order valence-corrected chi connectivity index (χ4v) is 3.26. The molecule has 0 fully saturated rings. The molecule has 2 aromatic carbocycles. The van der Waals surface area contributed by atoms with Crippen molar-refractivity contribution in [2.75, 3.05) is 20.3 Å². The van der Waals surface area contributed by atoms with Crippen LogP contribution in [0.2, 0.25) is 0 Å². The molecule has 2 atom stereocenters. The van der Waals surface area contributed by atoms with E-state index in [4.69, 9.17) is 10.5 Å². The van der Waals surface area contributed by atoms with Gasteiger partial charge in [0.05, 0.1) is 12.6 Å². The SMILES string of the molecule is COCC(N)C(=O)N1CCc2ccccc2C1c1ccccc1. The first kappa shape index (κ1) is 15.7. The minimum Gasteiger partial charge on any atom is -0.383 e. The van der Waals surface area contributed by atoms with Gasteiger partial charge in [-0.3, -0.25) is 4.79 Å². The summed E-state index contributed by atoms with van der Waals surface area (Å²) in [6.45, 7) is 0.908. The third kappa shape index (κ3) is 3.14. The predicted octanol–water partition coefficient (Wildman–Crippen LogP) is 2.13. The summed E-state index contributed by atoms with van der Waals surface area (Å²) in [5.41, 5.74) is 9.59. The lowest BCUT2D eigenvalue weighted by atomic mass is 9.88. The van der Waals surface area contributed by atoms with Crippen LogP contribution in [0.1, 0.15) is 22.7 Å². The summed E-state index contributed by atoms with van der Waals surface area (Å²) in [5, 5.41) is 0. The zero-order valence-electron chi connectivity index (χ0n) is 13.3. The Bertz CT molecular complexity index is 672. The summed E-state index contributed by atoms with van der Waals surface area (Å²) in [7, 11) is 1.56. The summed E-state index contributed by atoms with van der Waals surface area (Å²) >= 11 is 0. The maximum Gasteiger partial charge on any atom is 0.242 e. The molecule has 0 saturated carbocycles. The molecule has 0 bridgehead atoms. The van der Waals surface area contributed by atoms with Crippen LogP contribution in [0.5, 0.6) is 0 Å². The average molecular weight is 310 g/mol. The molecule has 0 aliphatic carbocycles. The van der Waals surface area contributed by atoms with Crippen molar-refractivity contribution >= 4 is 5.91 Å². The molecule has 2 aromatic rings. The summed E-state index contributed by atoms with van der Waals surface area (Å²) < 4.78 is 5.05. The van der Waals surface area contributed by atoms with Gasteiger partial charge in [-0.1, -0.05) is 54.6 Å². The van der Waals surface area contributed by atoms with E-state index < -0.39 is 6.04 Å². The molecule has 0 radical (unpaired) electrons. The summed E-state index contributed by atoms with van der Waals surface area (Å²) in [6, 6.07) is 17.7. The minimum atomic E-state index is -0.628.